The number of benzene rings is 2. The molecule has 0 aromatic heterocycles. The lowest BCUT2D eigenvalue weighted by atomic mass is 9.79. The van der Waals surface area contributed by atoms with E-state index >= 15 is 0 Å². The predicted octanol–water partition coefficient (Wildman–Crippen LogP) is 8.07. The lowest BCUT2D eigenvalue weighted by Gasteiger charge is -2.29. The van der Waals surface area contributed by atoms with Crippen LogP contribution in [0.25, 0.3) is 0 Å². The molecule has 0 spiro atoms. The molecule has 0 N–H and O–H groups in total. The van der Waals surface area contributed by atoms with Crippen LogP contribution in [-0.4, -0.2) is 12.7 Å². The van der Waals surface area contributed by atoms with Crippen molar-refractivity contribution in [3.63, 3.8) is 0 Å². The van der Waals surface area contributed by atoms with Gasteiger partial charge in [0.2, 0.25) is 5.82 Å². The molecular formula is C29H36F2O2. The van der Waals surface area contributed by atoms with E-state index in [9.17, 15) is 8.78 Å². The second-order valence-electron chi connectivity index (χ2n) is 9.59. The van der Waals surface area contributed by atoms with Crippen LogP contribution in [0.5, 0.6) is 5.75 Å². The fourth-order valence-electron chi connectivity index (χ4n) is 5.46. The number of hydrogen-bond donors (Lipinski definition) is 0. The first-order chi connectivity index (χ1) is 16.1. The average Bonchev–Trinajstić information content (AvgIpc) is 2.87. The van der Waals surface area contributed by atoms with Gasteiger partial charge in [-0.1, -0.05) is 36.4 Å². The van der Waals surface area contributed by atoms with Crippen molar-refractivity contribution in [2.45, 2.75) is 82.8 Å². The van der Waals surface area contributed by atoms with Crippen molar-refractivity contribution in [2.24, 2.45) is 5.92 Å². The highest BCUT2D eigenvalue weighted by atomic mass is 19.2. The molecule has 4 heteroatoms. The van der Waals surface area contributed by atoms with Gasteiger partial charge in [0.1, 0.15) is 0 Å². The molecular weight excluding hydrogens is 418 g/mol. The maximum Gasteiger partial charge on any atom is 0.200 e. The minimum absolute atomic E-state index is 0.00812. The van der Waals surface area contributed by atoms with Gasteiger partial charge in [-0.25, -0.2) is 4.39 Å². The summed E-state index contributed by atoms with van der Waals surface area (Å²) >= 11 is 0. The number of allylic oxidation sites excluding steroid dienone is 1. The first-order valence-electron chi connectivity index (χ1n) is 12.5. The Bertz CT molecular complexity index is 908. The molecule has 0 bridgehead atoms. The van der Waals surface area contributed by atoms with E-state index in [2.05, 4.69) is 36.9 Å². The zero-order valence-corrected chi connectivity index (χ0v) is 19.7. The SMILES string of the molecule is C=CC1CCC(c2ccc(COC3CCC(c4ccc(OCC)c(F)c4F)CC3)cc2)CC1. The second-order valence-corrected chi connectivity index (χ2v) is 9.59. The Morgan fingerprint density at radius 3 is 2.15 bits per heavy atom. The minimum atomic E-state index is -0.870. The number of halogens is 2. The van der Waals surface area contributed by atoms with Gasteiger partial charge in [-0.15, -0.1) is 6.58 Å². The standard InChI is InChI=1S/C29H36F2O2/c1-3-20-5-9-22(10-6-20)23-11-7-21(8-12-23)19-33-25-15-13-24(14-16-25)26-17-18-27(32-4-2)29(31)28(26)30/h3,7-8,11-12,17-18,20,22,24-25H,1,4-6,9-10,13-16,19H2,2H3. The number of rotatable bonds is 8. The van der Waals surface area contributed by atoms with E-state index in [1.165, 1.54) is 36.8 Å². The Morgan fingerprint density at radius 2 is 1.52 bits per heavy atom. The quantitative estimate of drug-likeness (QED) is 0.376. The highest BCUT2D eigenvalue weighted by Gasteiger charge is 2.27. The Morgan fingerprint density at radius 1 is 0.848 bits per heavy atom. The van der Waals surface area contributed by atoms with Crippen molar-refractivity contribution in [1.82, 2.24) is 0 Å². The molecule has 0 aliphatic heterocycles. The van der Waals surface area contributed by atoms with Gasteiger partial charge in [-0.05, 0) is 98.8 Å². The minimum Gasteiger partial charge on any atom is -0.491 e. The summed E-state index contributed by atoms with van der Waals surface area (Å²) in [5.41, 5.74) is 3.10. The van der Waals surface area contributed by atoms with Crippen LogP contribution >= 0.6 is 0 Å². The smallest absolute Gasteiger partial charge is 0.200 e. The molecule has 4 rings (SSSR count). The van der Waals surface area contributed by atoms with Gasteiger partial charge in [0.15, 0.2) is 11.6 Å². The van der Waals surface area contributed by atoms with Crippen LogP contribution in [0.15, 0.2) is 49.1 Å². The van der Waals surface area contributed by atoms with Crippen LogP contribution in [0.1, 0.15) is 86.8 Å². The van der Waals surface area contributed by atoms with Gasteiger partial charge in [0, 0.05) is 0 Å². The number of hydrogen-bond acceptors (Lipinski definition) is 2. The predicted molar refractivity (Wildman–Crippen MR) is 129 cm³/mol. The maximum atomic E-state index is 14.6. The molecule has 0 saturated heterocycles. The van der Waals surface area contributed by atoms with Gasteiger partial charge >= 0.3 is 0 Å². The van der Waals surface area contributed by atoms with E-state index < -0.39 is 11.6 Å². The first-order valence-corrected chi connectivity index (χ1v) is 12.5. The lowest BCUT2D eigenvalue weighted by molar-refractivity contribution is 0.0131. The third-order valence-electron chi connectivity index (χ3n) is 7.53. The summed E-state index contributed by atoms with van der Waals surface area (Å²) in [5, 5.41) is 0. The monoisotopic (exact) mass is 454 g/mol. The van der Waals surface area contributed by atoms with Crippen LogP contribution in [-0.2, 0) is 11.3 Å². The molecule has 0 amide bonds. The summed E-state index contributed by atoms with van der Waals surface area (Å²) in [6.45, 7) is 6.62. The molecule has 0 atom stereocenters. The van der Waals surface area contributed by atoms with E-state index in [0.29, 0.717) is 30.6 Å². The normalized spacial score (nSPS) is 25.5. The summed E-state index contributed by atoms with van der Waals surface area (Å²) in [6, 6.07) is 12.1. The topological polar surface area (TPSA) is 18.5 Å². The molecule has 2 saturated carbocycles. The van der Waals surface area contributed by atoms with E-state index in [1.54, 1.807) is 19.1 Å². The van der Waals surface area contributed by atoms with Gasteiger partial charge in [0.25, 0.3) is 0 Å². The summed E-state index contributed by atoms with van der Waals surface area (Å²) in [7, 11) is 0. The molecule has 0 heterocycles. The highest BCUT2D eigenvalue weighted by molar-refractivity contribution is 5.33. The Kier molecular flexibility index (Phi) is 8.19. The first kappa shape index (κ1) is 23.9. The third kappa shape index (κ3) is 5.84. The van der Waals surface area contributed by atoms with Crippen LogP contribution in [0.2, 0.25) is 0 Å². The molecule has 0 radical (unpaired) electrons. The van der Waals surface area contributed by atoms with Crippen LogP contribution in [0.3, 0.4) is 0 Å². The summed E-state index contributed by atoms with van der Waals surface area (Å²) < 4.78 is 40.1. The molecule has 2 aromatic rings. The molecule has 0 unspecified atom stereocenters. The van der Waals surface area contributed by atoms with E-state index in [-0.39, 0.29) is 17.8 Å². The van der Waals surface area contributed by atoms with Gasteiger partial charge in [-0.2, -0.15) is 4.39 Å². The Hall–Kier alpha value is -2.20. The highest BCUT2D eigenvalue weighted by Crippen LogP contribution is 2.38. The second kappa shape index (κ2) is 11.3. The molecule has 33 heavy (non-hydrogen) atoms. The Balaban J connectivity index is 1.25. The van der Waals surface area contributed by atoms with Crippen molar-refractivity contribution in [2.75, 3.05) is 6.61 Å². The van der Waals surface area contributed by atoms with E-state index in [0.717, 1.165) is 25.7 Å². The zero-order valence-electron chi connectivity index (χ0n) is 19.7. The van der Waals surface area contributed by atoms with Gasteiger partial charge in [0.05, 0.1) is 19.3 Å². The zero-order chi connectivity index (χ0) is 23.2. The van der Waals surface area contributed by atoms with Crippen molar-refractivity contribution in [1.29, 1.82) is 0 Å². The Labute approximate surface area is 197 Å². The van der Waals surface area contributed by atoms with Gasteiger partial charge in [-0.3, -0.25) is 0 Å². The molecule has 2 nitrogen and oxygen atoms in total. The number of ether oxygens (including phenoxy) is 2. The van der Waals surface area contributed by atoms with Crippen molar-refractivity contribution in [3.8, 4) is 5.75 Å². The molecule has 178 valence electrons. The van der Waals surface area contributed by atoms with E-state index in [1.807, 2.05) is 0 Å². The van der Waals surface area contributed by atoms with Crippen LogP contribution in [0.4, 0.5) is 8.78 Å². The fraction of sp³-hybridized carbons (Fsp3) is 0.517. The summed E-state index contributed by atoms with van der Waals surface area (Å²) in [4.78, 5) is 0. The molecule has 2 aliphatic rings. The van der Waals surface area contributed by atoms with Crippen molar-refractivity contribution >= 4 is 0 Å². The van der Waals surface area contributed by atoms with E-state index in [4.69, 9.17) is 9.47 Å². The molecule has 2 aliphatic carbocycles. The fourth-order valence-corrected chi connectivity index (χ4v) is 5.46. The average molecular weight is 455 g/mol. The maximum absolute atomic E-state index is 14.6. The van der Waals surface area contributed by atoms with Crippen molar-refractivity contribution in [3.05, 3.63) is 77.4 Å². The molecule has 2 aromatic carbocycles. The largest absolute Gasteiger partial charge is 0.491 e. The summed E-state index contributed by atoms with van der Waals surface area (Å²) in [6.07, 6.45) is 10.6. The molecule has 2 fully saturated rings. The summed E-state index contributed by atoms with van der Waals surface area (Å²) in [5.74, 6) is -0.252. The van der Waals surface area contributed by atoms with Crippen LogP contribution in [0, 0.1) is 17.6 Å². The van der Waals surface area contributed by atoms with Crippen molar-refractivity contribution < 1.29 is 18.3 Å². The van der Waals surface area contributed by atoms with Crippen LogP contribution < -0.4 is 4.74 Å². The lowest BCUT2D eigenvalue weighted by Crippen LogP contribution is -2.21. The third-order valence-corrected chi connectivity index (χ3v) is 7.53. The van der Waals surface area contributed by atoms with Gasteiger partial charge < -0.3 is 9.47 Å².